The van der Waals surface area contributed by atoms with Crippen LogP contribution in [0.5, 0.6) is 0 Å². The molecule has 1 aromatic heterocycles. The van der Waals surface area contributed by atoms with Crippen LogP contribution in [0.3, 0.4) is 0 Å². The third-order valence-corrected chi connectivity index (χ3v) is 0.952. The first-order chi connectivity index (χ1) is 4.20. The summed E-state index contributed by atoms with van der Waals surface area (Å²) in [5.41, 5.74) is 0.220. The Balaban J connectivity index is 0.000000810. The summed E-state index contributed by atoms with van der Waals surface area (Å²) in [4.78, 5) is 10.2. The van der Waals surface area contributed by atoms with Gasteiger partial charge in [-0.25, -0.2) is 4.79 Å². The minimum absolute atomic E-state index is 0. The van der Waals surface area contributed by atoms with Crippen molar-refractivity contribution < 1.29 is 9.90 Å². The molecule has 5 heteroatoms. The number of hydrogen-bond donors (Lipinski definition) is 1. The summed E-state index contributed by atoms with van der Waals surface area (Å²) < 4.78 is 1.45. The molecule has 0 saturated carbocycles. The highest BCUT2D eigenvalue weighted by molar-refractivity contribution is 7.59. The van der Waals surface area contributed by atoms with Crippen LogP contribution < -0.4 is 0 Å². The fraction of sp³-hybridized carbons (Fsp3) is 0.200. The molecule has 0 bridgehead atoms. The molecule has 0 spiro atoms. The number of nitrogens with zero attached hydrogens (tertiary/aromatic N) is 2. The highest BCUT2D eigenvalue weighted by atomic mass is 32.1. The Morgan fingerprint density at radius 3 is 2.60 bits per heavy atom. The van der Waals surface area contributed by atoms with Gasteiger partial charge in [0.05, 0.1) is 11.8 Å². The Labute approximate surface area is 64.9 Å². The summed E-state index contributed by atoms with van der Waals surface area (Å²) in [6.07, 6.45) is 2.75. The normalized spacial score (nSPS) is 8.50. The van der Waals surface area contributed by atoms with Crippen molar-refractivity contribution >= 4 is 19.5 Å². The van der Waals surface area contributed by atoms with E-state index in [1.165, 1.54) is 17.1 Å². The monoisotopic (exact) mass is 160 g/mol. The minimum Gasteiger partial charge on any atom is -0.478 e. The lowest BCUT2D eigenvalue weighted by Crippen LogP contribution is -1.92. The highest BCUT2D eigenvalue weighted by Gasteiger charge is 2.02. The number of carboxylic acids is 1. The first kappa shape index (κ1) is 9.03. The van der Waals surface area contributed by atoms with E-state index in [4.69, 9.17) is 5.11 Å². The highest BCUT2D eigenvalue weighted by Crippen LogP contribution is 1.93. The van der Waals surface area contributed by atoms with Crippen LogP contribution in [0.25, 0.3) is 0 Å². The lowest BCUT2D eigenvalue weighted by molar-refractivity contribution is 0.0697. The molecule has 0 aliphatic carbocycles. The van der Waals surface area contributed by atoms with E-state index in [0.717, 1.165) is 0 Å². The summed E-state index contributed by atoms with van der Waals surface area (Å²) in [7, 11) is 1.67. The lowest BCUT2D eigenvalue weighted by Gasteiger charge is -1.81. The van der Waals surface area contributed by atoms with E-state index in [1.807, 2.05) is 0 Å². The molecular weight excluding hydrogens is 152 g/mol. The van der Waals surface area contributed by atoms with E-state index < -0.39 is 5.97 Å². The van der Waals surface area contributed by atoms with E-state index >= 15 is 0 Å². The van der Waals surface area contributed by atoms with Gasteiger partial charge in [0.25, 0.3) is 0 Å². The molecule has 0 aromatic carbocycles. The number of aromatic carboxylic acids is 1. The zero-order valence-corrected chi connectivity index (χ0v) is 6.40. The van der Waals surface area contributed by atoms with Gasteiger partial charge in [-0.05, 0) is 0 Å². The number of aromatic nitrogens is 2. The van der Waals surface area contributed by atoms with Crippen LogP contribution in [-0.2, 0) is 7.05 Å². The van der Waals surface area contributed by atoms with Gasteiger partial charge in [0.15, 0.2) is 0 Å². The third kappa shape index (κ3) is 1.77. The van der Waals surface area contributed by atoms with Gasteiger partial charge in [-0.15, -0.1) is 0 Å². The quantitative estimate of drug-likeness (QED) is 0.640. The van der Waals surface area contributed by atoms with Crippen molar-refractivity contribution in [2.75, 3.05) is 0 Å². The van der Waals surface area contributed by atoms with Crippen molar-refractivity contribution in [1.29, 1.82) is 0 Å². The molecule has 1 rings (SSSR count). The maximum absolute atomic E-state index is 10.2. The van der Waals surface area contributed by atoms with Gasteiger partial charge in [0.2, 0.25) is 0 Å². The number of carbonyl (C=O) groups is 1. The second-order valence-corrected chi connectivity index (χ2v) is 1.71. The maximum atomic E-state index is 10.2. The van der Waals surface area contributed by atoms with Crippen molar-refractivity contribution in [3.8, 4) is 0 Å². The van der Waals surface area contributed by atoms with Crippen LogP contribution >= 0.6 is 13.5 Å². The summed E-state index contributed by atoms with van der Waals surface area (Å²) in [5.74, 6) is -0.942. The zero-order chi connectivity index (χ0) is 6.85. The third-order valence-electron chi connectivity index (χ3n) is 0.952. The summed E-state index contributed by atoms with van der Waals surface area (Å²) in [6, 6.07) is 0. The molecule has 1 aromatic rings. The predicted molar refractivity (Wildman–Crippen MR) is 40.5 cm³/mol. The van der Waals surface area contributed by atoms with Crippen LogP contribution in [0.15, 0.2) is 12.4 Å². The molecule has 0 unspecified atom stereocenters. The van der Waals surface area contributed by atoms with Gasteiger partial charge in [-0.1, -0.05) is 0 Å². The SMILES string of the molecule is Cn1cc(C(=O)O)cn1.S. The first-order valence-corrected chi connectivity index (χ1v) is 2.42. The van der Waals surface area contributed by atoms with Gasteiger partial charge in [0.1, 0.15) is 0 Å². The van der Waals surface area contributed by atoms with E-state index in [-0.39, 0.29) is 19.1 Å². The first-order valence-electron chi connectivity index (χ1n) is 2.42. The molecule has 0 atom stereocenters. The van der Waals surface area contributed by atoms with Crippen LogP contribution in [0.2, 0.25) is 0 Å². The number of rotatable bonds is 1. The average Bonchev–Trinajstić information content (AvgIpc) is 2.14. The minimum atomic E-state index is -0.942. The Kier molecular flexibility index (Phi) is 2.95. The van der Waals surface area contributed by atoms with Gasteiger partial charge < -0.3 is 5.11 Å². The second kappa shape index (κ2) is 3.26. The maximum Gasteiger partial charge on any atom is 0.338 e. The summed E-state index contributed by atoms with van der Waals surface area (Å²) in [5, 5.41) is 12.0. The fourth-order valence-electron chi connectivity index (χ4n) is 0.532. The molecule has 1 N–H and O–H groups in total. The molecule has 56 valence electrons. The summed E-state index contributed by atoms with van der Waals surface area (Å²) in [6.45, 7) is 0. The van der Waals surface area contributed by atoms with Crippen LogP contribution in [0.4, 0.5) is 0 Å². The lowest BCUT2D eigenvalue weighted by atomic mass is 10.4. The van der Waals surface area contributed by atoms with E-state index in [1.54, 1.807) is 7.05 Å². The Hall–Kier alpha value is -0.970. The van der Waals surface area contributed by atoms with Gasteiger partial charge >= 0.3 is 5.97 Å². The van der Waals surface area contributed by atoms with Gasteiger partial charge in [-0.2, -0.15) is 18.6 Å². The second-order valence-electron chi connectivity index (χ2n) is 1.71. The molecule has 1 heterocycles. The van der Waals surface area contributed by atoms with Crippen molar-refractivity contribution in [3.05, 3.63) is 18.0 Å². The molecule has 0 aliphatic rings. The van der Waals surface area contributed by atoms with E-state index in [9.17, 15) is 4.79 Å². The Morgan fingerprint density at radius 2 is 2.40 bits per heavy atom. The van der Waals surface area contributed by atoms with Gasteiger partial charge in [0, 0.05) is 13.2 Å². The van der Waals surface area contributed by atoms with Crippen LogP contribution in [0.1, 0.15) is 10.4 Å². The number of hydrogen-bond acceptors (Lipinski definition) is 2. The van der Waals surface area contributed by atoms with E-state index in [0.29, 0.717) is 0 Å². The van der Waals surface area contributed by atoms with Crippen molar-refractivity contribution in [2.24, 2.45) is 7.05 Å². The van der Waals surface area contributed by atoms with E-state index in [2.05, 4.69) is 5.10 Å². The largest absolute Gasteiger partial charge is 0.478 e. The molecular formula is C5H8N2O2S. The van der Waals surface area contributed by atoms with Crippen molar-refractivity contribution in [3.63, 3.8) is 0 Å². The molecule has 10 heavy (non-hydrogen) atoms. The van der Waals surface area contributed by atoms with Crippen molar-refractivity contribution in [1.82, 2.24) is 9.78 Å². The molecule has 4 nitrogen and oxygen atoms in total. The smallest absolute Gasteiger partial charge is 0.338 e. The molecule has 0 fully saturated rings. The molecule has 0 radical (unpaired) electrons. The standard InChI is InChI=1S/C5H6N2O2.H2S/c1-7-3-4(2-6-7)5(8)9;/h2-3H,1H3,(H,8,9);1H2. The Morgan fingerprint density at radius 1 is 1.80 bits per heavy atom. The number of carboxylic acid groups (broad SMARTS) is 1. The molecule has 0 amide bonds. The fourth-order valence-corrected chi connectivity index (χ4v) is 0.532. The predicted octanol–water partition coefficient (Wildman–Crippen LogP) is 0.231. The zero-order valence-electron chi connectivity index (χ0n) is 5.40. The molecule has 0 aliphatic heterocycles. The van der Waals surface area contributed by atoms with Crippen LogP contribution in [0, 0.1) is 0 Å². The molecule has 0 saturated heterocycles. The average molecular weight is 160 g/mol. The van der Waals surface area contributed by atoms with Crippen LogP contribution in [-0.4, -0.2) is 20.9 Å². The number of aryl methyl sites for hydroxylation is 1. The van der Waals surface area contributed by atoms with Crippen molar-refractivity contribution in [2.45, 2.75) is 0 Å². The van der Waals surface area contributed by atoms with Gasteiger partial charge in [-0.3, -0.25) is 4.68 Å². The summed E-state index contributed by atoms with van der Waals surface area (Å²) >= 11 is 0. The topological polar surface area (TPSA) is 55.1 Å². The Bertz CT molecular complexity index is 233.